The number of hydrogen-bond acceptors (Lipinski definition) is 7. The third-order valence-electron chi connectivity index (χ3n) is 5.06. The molecule has 0 bridgehead atoms. The molecule has 192 valence electrons. The number of carboxylic acid groups (broad SMARTS) is 1. The minimum Gasteiger partial charge on any atom is -0.478 e. The molecular formula is C26H22Cl2N2O7. The first kappa shape index (κ1) is 27.5. The molecular weight excluding hydrogens is 523 g/mol. The molecule has 0 aliphatic heterocycles. The van der Waals surface area contributed by atoms with Crippen LogP contribution in [0.4, 0.5) is 11.4 Å². The number of nitrogens with zero attached hydrogens (tertiary/aromatic N) is 1. The lowest BCUT2D eigenvalue weighted by atomic mass is 10.1. The van der Waals surface area contributed by atoms with Gasteiger partial charge in [-0.3, -0.25) is 4.79 Å². The normalized spacial score (nSPS) is 12.1. The fourth-order valence-corrected chi connectivity index (χ4v) is 3.34. The molecule has 2 N–H and O–H groups in total. The van der Waals surface area contributed by atoms with Crippen LogP contribution < -0.4 is 10.2 Å². The Hall–Kier alpha value is -4.08. The predicted octanol–water partition coefficient (Wildman–Crippen LogP) is 4.53. The Morgan fingerprint density at radius 2 is 1.16 bits per heavy atom. The maximum Gasteiger partial charge on any atom is 0.349 e. The van der Waals surface area contributed by atoms with E-state index in [1.807, 2.05) is 19.0 Å². The zero-order chi connectivity index (χ0) is 27.1. The lowest BCUT2D eigenvalue weighted by molar-refractivity contribution is -0.157. The summed E-state index contributed by atoms with van der Waals surface area (Å²) in [7, 11) is 3.68. The molecule has 11 heteroatoms. The third kappa shape index (κ3) is 7.45. The summed E-state index contributed by atoms with van der Waals surface area (Å²) >= 11 is 11.7. The second kappa shape index (κ2) is 12.2. The van der Waals surface area contributed by atoms with Crippen molar-refractivity contribution in [1.82, 2.24) is 0 Å². The first-order valence-corrected chi connectivity index (χ1v) is 11.5. The zero-order valence-corrected chi connectivity index (χ0v) is 21.2. The van der Waals surface area contributed by atoms with Crippen LogP contribution in [0.25, 0.3) is 0 Å². The number of carboxylic acids is 1. The second-order valence-corrected chi connectivity index (χ2v) is 8.81. The van der Waals surface area contributed by atoms with E-state index in [1.165, 1.54) is 48.5 Å². The van der Waals surface area contributed by atoms with Crippen molar-refractivity contribution in [2.45, 2.75) is 12.2 Å². The van der Waals surface area contributed by atoms with E-state index in [2.05, 4.69) is 5.32 Å². The number of nitrogens with one attached hydrogen (secondary N) is 1. The number of anilines is 2. The maximum atomic E-state index is 13.2. The van der Waals surface area contributed by atoms with Crippen molar-refractivity contribution in [3.05, 3.63) is 94.0 Å². The number of halogens is 2. The van der Waals surface area contributed by atoms with E-state index in [-0.39, 0.29) is 11.1 Å². The summed E-state index contributed by atoms with van der Waals surface area (Å²) in [6.45, 7) is 0. The van der Waals surface area contributed by atoms with Crippen molar-refractivity contribution >= 4 is 58.4 Å². The summed E-state index contributed by atoms with van der Waals surface area (Å²) in [4.78, 5) is 52.5. The average molecular weight is 545 g/mol. The zero-order valence-electron chi connectivity index (χ0n) is 19.7. The fraction of sp³-hybridized carbons (Fsp3) is 0.154. The van der Waals surface area contributed by atoms with E-state index >= 15 is 0 Å². The van der Waals surface area contributed by atoms with Crippen LogP contribution >= 0.6 is 23.2 Å². The standard InChI is InChI=1S/C26H22Cl2N2O7/c1-30(2)20-13-11-19(12-14-20)29-23(31)21(36-25(34)15-3-7-17(27)8-4-15)22(24(32)33)37-26(35)16-5-9-18(28)10-6-16/h3-14,21-22H,1-2H3,(H,29,31)(H,32,33)/t21-,22+/m0/s1. The molecule has 0 aliphatic rings. The molecule has 0 spiro atoms. The summed E-state index contributed by atoms with van der Waals surface area (Å²) in [5, 5.41) is 13.0. The van der Waals surface area contributed by atoms with Gasteiger partial charge >= 0.3 is 17.9 Å². The number of benzene rings is 3. The van der Waals surface area contributed by atoms with E-state index in [4.69, 9.17) is 32.7 Å². The van der Waals surface area contributed by atoms with Gasteiger partial charge in [-0.25, -0.2) is 14.4 Å². The Bertz CT molecular complexity index is 1280. The number of carbonyl (C=O) groups is 4. The van der Waals surface area contributed by atoms with Gasteiger partial charge in [0.2, 0.25) is 12.2 Å². The molecule has 3 aromatic carbocycles. The van der Waals surface area contributed by atoms with Crippen molar-refractivity contribution in [2.75, 3.05) is 24.3 Å². The Morgan fingerprint density at radius 3 is 1.57 bits per heavy atom. The number of amides is 1. The van der Waals surface area contributed by atoms with Gasteiger partial charge in [0.1, 0.15) is 0 Å². The van der Waals surface area contributed by atoms with Crippen molar-refractivity contribution in [3.63, 3.8) is 0 Å². The van der Waals surface area contributed by atoms with Gasteiger partial charge in [0.25, 0.3) is 5.91 Å². The van der Waals surface area contributed by atoms with Gasteiger partial charge in [0.15, 0.2) is 0 Å². The molecule has 0 fully saturated rings. The van der Waals surface area contributed by atoms with Gasteiger partial charge in [0.05, 0.1) is 11.1 Å². The Morgan fingerprint density at radius 1 is 0.730 bits per heavy atom. The SMILES string of the molecule is CN(C)c1ccc(NC(=O)[C@@H](OC(=O)c2ccc(Cl)cc2)[C@@H](OC(=O)c2ccc(Cl)cc2)C(=O)O)cc1. The minimum atomic E-state index is -2.17. The second-order valence-electron chi connectivity index (χ2n) is 7.93. The first-order chi connectivity index (χ1) is 17.5. The largest absolute Gasteiger partial charge is 0.478 e. The van der Waals surface area contributed by atoms with Crippen molar-refractivity contribution in [3.8, 4) is 0 Å². The molecule has 0 saturated heterocycles. The molecule has 3 aromatic rings. The Kier molecular flexibility index (Phi) is 9.10. The van der Waals surface area contributed by atoms with Crippen LogP contribution in [-0.4, -0.2) is 55.2 Å². The molecule has 0 aromatic heterocycles. The number of aliphatic carboxylic acids is 1. The minimum absolute atomic E-state index is 0.00528. The fourth-order valence-electron chi connectivity index (χ4n) is 3.09. The summed E-state index contributed by atoms with van der Waals surface area (Å²) in [5.74, 6) is -4.79. The van der Waals surface area contributed by atoms with Gasteiger partial charge < -0.3 is 24.8 Å². The molecule has 9 nitrogen and oxygen atoms in total. The lowest BCUT2D eigenvalue weighted by Crippen LogP contribution is -2.48. The van der Waals surface area contributed by atoms with Crippen LogP contribution in [0, 0.1) is 0 Å². The van der Waals surface area contributed by atoms with Crippen molar-refractivity contribution < 1.29 is 33.8 Å². The smallest absolute Gasteiger partial charge is 0.349 e. The molecule has 2 atom stereocenters. The molecule has 0 saturated carbocycles. The summed E-state index contributed by atoms with van der Waals surface area (Å²) < 4.78 is 10.4. The molecule has 1 amide bonds. The van der Waals surface area contributed by atoms with Gasteiger partial charge in [-0.2, -0.15) is 0 Å². The van der Waals surface area contributed by atoms with E-state index in [0.717, 1.165) is 5.69 Å². The van der Waals surface area contributed by atoms with Crippen LogP contribution in [0.5, 0.6) is 0 Å². The first-order valence-electron chi connectivity index (χ1n) is 10.8. The number of rotatable bonds is 9. The summed E-state index contributed by atoms with van der Waals surface area (Å²) in [6.07, 6.45) is -4.20. The topological polar surface area (TPSA) is 122 Å². The number of carbonyl (C=O) groups excluding carboxylic acids is 3. The molecule has 0 aliphatic carbocycles. The van der Waals surface area contributed by atoms with E-state index in [1.54, 1.807) is 24.3 Å². The van der Waals surface area contributed by atoms with Gasteiger partial charge in [-0.1, -0.05) is 23.2 Å². The number of hydrogen-bond donors (Lipinski definition) is 2. The molecule has 3 rings (SSSR count). The quantitative estimate of drug-likeness (QED) is 0.376. The number of esters is 2. The molecule has 37 heavy (non-hydrogen) atoms. The maximum absolute atomic E-state index is 13.2. The highest BCUT2D eigenvalue weighted by molar-refractivity contribution is 6.31. The third-order valence-corrected chi connectivity index (χ3v) is 5.56. The van der Waals surface area contributed by atoms with Gasteiger partial charge in [-0.05, 0) is 72.8 Å². The van der Waals surface area contributed by atoms with Gasteiger partial charge in [0, 0.05) is 35.5 Å². The summed E-state index contributed by atoms with van der Waals surface area (Å²) in [5.41, 5.74) is 1.14. The van der Waals surface area contributed by atoms with Crippen LogP contribution in [-0.2, 0) is 19.1 Å². The average Bonchev–Trinajstić information content (AvgIpc) is 2.86. The molecule has 0 radical (unpaired) electrons. The highest BCUT2D eigenvalue weighted by Crippen LogP contribution is 2.20. The van der Waals surface area contributed by atoms with Crippen LogP contribution in [0.3, 0.4) is 0 Å². The van der Waals surface area contributed by atoms with Crippen molar-refractivity contribution in [1.29, 1.82) is 0 Å². The highest BCUT2D eigenvalue weighted by Gasteiger charge is 2.41. The van der Waals surface area contributed by atoms with Gasteiger partial charge in [-0.15, -0.1) is 0 Å². The Labute approximate surface area is 222 Å². The Balaban J connectivity index is 1.89. The molecule has 0 heterocycles. The monoisotopic (exact) mass is 544 g/mol. The van der Waals surface area contributed by atoms with Crippen LogP contribution in [0.2, 0.25) is 10.0 Å². The van der Waals surface area contributed by atoms with E-state index < -0.39 is 36.0 Å². The van der Waals surface area contributed by atoms with Crippen molar-refractivity contribution in [2.24, 2.45) is 0 Å². The molecule has 0 unspecified atom stereocenters. The van der Waals surface area contributed by atoms with E-state index in [0.29, 0.717) is 15.7 Å². The summed E-state index contributed by atoms with van der Waals surface area (Å²) in [6, 6.07) is 17.6. The number of ether oxygens (including phenoxy) is 2. The van der Waals surface area contributed by atoms with Crippen LogP contribution in [0.15, 0.2) is 72.8 Å². The van der Waals surface area contributed by atoms with E-state index in [9.17, 15) is 24.3 Å². The highest BCUT2D eigenvalue weighted by atomic mass is 35.5. The predicted molar refractivity (Wildman–Crippen MR) is 138 cm³/mol. The van der Waals surface area contributed by atoms with Crippen LogP contribution in [0.1, 0.15) is 20.7 Å². The lowest BCUT2D eigenvalue weighted by Gasteiger charge is -2.23.